The Morgan fingerprint density at radius 1 is 1.19 bits per heavy atom. The van der Waals surface area contributed by atoms with Crippen molar-refractivity contribution in [2.75, 3.05) is 45.2 Å². The van der Waals surface area contributed by atoms with E-state index in [-0.39, 0.29) is 5.91 Å². The van der Waals surface area contributed by atoms with Crippen LogP contribution in [0.3, 0.4) is 0 Å². The van der Waals surface area contributed by atoms with Crippen LogP contribution in [-0.2, 0) is 0 Å². The number of hydrogen-bond donors (Lipinski definition) is 1. The number of nitrogens with zero attached hydrogens (tertiary/aromatic N) is 4. The summed E-state index contributed by atoms with van der Waals surface area (Å²) in [6.07, 6.45) is 1.42. The van der Waals surface area contributed by atoms with Gasteiger partial charge >= 0.3 is 0 Å². The molecule has 138 valence electrons. The first-order chi connectivity index (χ1) is 12.6. The van der Waals surface area contributed by atoms with Crippen molar-refractivity contribution >= 4 is 17.4 Å². The summed E-state index contributed by atoms with van der Waals surface area (Å²) in [5.41, 5.74) is 2.31. The average molecular weight is 355 g/mol. The zero-order valence-corrected chi connectivity index (χ0v) is 15.5. The average Bonchev–Trinajstić information content (AvgIpc) is 2.68. The van der Waals surface area contributed by atoms with E-state index in [2.05, 4.69) is 27.1 Å². The lowest BCUT2D eigenvalue weighted by molar-refractivity contribution is 0.0637. The number of carbonyl (C=O) groups is 1. The Labute approximate surface area is 154 Å². The van der Waals surface area contributed by atoms with Gasteiger partial charge in [-0.05, 0) is 31.2 Å². The summed E-state index contributed by atoms with van der Waals surface area (Å²) in [6, 6.07) is 7.55. The summed E-state index contributed by atoms with van der Waals surface area (Å²) in [7, 11) is 1.63. The van der Waals surface area contributed by atoms with Gasteiger partial charge in [-0.3, -0.25) is 4.79 Å². The number of nitrogens with one attached hydrogen (secondary N) is 1. The fourth-order valence-electron chi connectivity index (χ4n) is 3.03. The van der Waals surface area contributed by atoms with Crippen molar-refractivity contribution in [3.63, 3.8) is 0 Å². The molecular formula is C19H25N5O2. The first-order valence-corrected chi connectivity index (χ1v) is 8.86. The zero-order chi connectivity index (χ0) is 18.5. The van der Waals surface area contributed by atoms with E-state index < -0.39 is 0 Å². The molecule has 7 heteroatoms. The molecule has 1 saturated heterocycles. The highest BCUT2D eigenvalue weighted by molar-refractivity contribution is 5.93. The second-order valence-corrected chi connectivity index (χ2v) is 6.34. The normalized spacial score (nSPS) is 15.0. The minimum Gasteiger partial charge on any atom is -0.495 e. The van der Waals surface area contributed by atoms with Gasteiger partial charge in [0, 0.05) is 32.2 Å². The molecule has 0 atom stereocenters. The summed E-state index contributed by atoms with van der Waals surface area (Å²) in [4.78, 5) is 25.3. The first-order valence-electron chi connectivity index (χ1n) is 8.86. The Hall–Kier alpha value is -2.67. The Morgan fingerprint density at radius 2 is 1.96 bits per heavy atom. The fraction of sp³-hybridized carbons (Fsp3) is 0.421. The van der Waals surface area contributed by atoms with Crippen LogP contribution in [0.5, 0.6) is 5.75 Å². The third-order valence-electron chi connectivity index (χ3n) is 4.61. The molecule has 1 aromatic heterocycles. The largest absolute Gasteiger partial charge is 0.495 e. The van der Waals surface area contributed by atoms with Crippen molar-refractivity contribution < 1.29 is 9.53 Å². The molecule has 0 spiro atoms. The lowest BCUT2D eigenvalue weighted by atomic mass is 10.2. The zero-order valence-electron chi connectivity index (χ0n) is 15.5. The van der Waals surface area contributed by atoms with Crippen LogP contribution in [0.15, 0.2) is 30.6 Å². The van der Waals surface area contributed by atoms with Crippen molar-refractivity contribution in [1.29, 1.82) is 0 Å². The van der Waals surface area contributed by atoms with E-state index in [4.69, 9.17) is 4.74 Å². The van der Waals surface area contributed by atoms with E-state index in [1.54, 1.807) is 13.2 Å². The standard InChI is InChI=1S/C19H25N5O2/c1-4-23-7-9-24(10-8-23)19(25)16-12-18(21-13-20-16)22-15-11-14(2)5-6-17(15)26-3/h5-6,11-13H,4,7-10H2,1-3H3,(H,20,21,22). The van der Waals surface area contributed by atoms with Crippen molar-refractivity contribution in [2.45, 2.75) is 13.8 Å². The molecular weight excluding hydrogens is 330 g/mol. The number of ether oxygens (including phenoxy) is 1. The Balaban J connectivity index is 1.74. The van der Waals surface area contributed by atoms with E-state index in [1.165, 1.54) is 6.33 Å². The molecule has 2 heterocycles. The van der Waals surface area contributed by atoms with Crippen LogP contribution >= 0.6 is 0 Å². The first kappa shape index (κ1) is 18.1. The van der Waals surface area contributed by atoms with Crippen molar-refractivity contribution in [2.24, 2.45) is 0 Å². The molecule has 1 aliphatic heterocycles. The highest BCUT2D eigenvalue weighted by Gasteiger charge is 2.22. The number of hydrogen-bond acceptors (Lipinski definition) is 6. The van der Waals surface area contributed by atoms with Gasteiger partial charge in [0.1, 0.15) is 23.6 Å². The number of methoxy groups -OCH3 is 1. The molecule has 1 N–H and O–H groups in total. The third kappa shape index (κ3) is 4.11. The maximum Gasteiger partial charge on any atom is 0.272 e. The van der Waals surface area contributed by atoms with Crippen molar-refractivity contribution in [3.8, 4) is 5.75 Å². The van der Waals surface area contributed by atoms with Crippen LogP contribution in [0, 0.1) is 6.92 Å². The summed E-state index contributed by atoms with van der Waals surface area (Å²) >= 11 is 0. The number of amides is 1. The minimum atomic E-state index is -0.0533. The maximum absolute atomic E-state index is 12.7. The van der Waals surface area contributed by atoms with Crippen molar-refractivity contribution in [3.05, 3.63) is 41.9 Å². The molecule has 0 bridgehead atoms. The molecule has 0 aliphatic carbocycles. The molecule has 3 rings (SSSR count). The van der Waals surface area contributed by atoms with Crippen LogP contribution in [-0.4, -0.2) is 65.5 Å². The summed E-state index contributed by atoms with van der Waals surface area (Å²) in [6.45, 7) is 8.42. The van der Waals surface area contributed by atoms with E-state index in [9.17, 15) is 4.79 Å². The van der Waals surface area contributed by atoms with Gasteiger partial charge in [0.2, 0.25) is 0 Å². The van der Waals surface area contributed by atoms with Crippen LogP contribution in [0.25, 0.3) is 0 Å². The number of anilines is 2. The van der Waals surface area contributed by atoms with Crippen LogP contribution < -0.4 is 10.1 Å². The second kappa shape index (κ2) is 8.14. The third-order valence-corrected chi connectivity index (χ3v) is 4.61. The van der Waals surface area contributed by atoms with Crippen molar-refractivity contribution in [1.82, 2.24) is 19.8 Å². The summed E-state index contributed by atoms with van der Waals surface area (Å²) in [5.74, 6) is 1.24. The van der Waals surface area contributed by atoms with Gasteiger partial charge in [-0.15, -0.1) is 0 Å². The highest BCUT2D eigenvalue weighted by Crippen LogP contribution is 2.28. The second-order valence-electron chi connectivity index (χ2n) is 6.34. The maximum atomic E-state index is 12.7. The summed E-state index contributed by atoms with van der Waals surface area (Å²) in [5, 5.41) is 3.22. The lowest BCUT2D eigenvalue weighted by Crippen LogP contribution is -2.48. The van der Waals surface area contributed by atoms with Crippen LogP contribution in [0.2, 0.25) is 0 Å². The van der Waals surface area contributed by atoms with Gasteiger partial charge in [0.05, 0.1) is 12.8 Å². The molecule has 26 heavy (non-hydrogen) atoms. The molecule has 1 fully saturated rings. The van der Waals surface area contributed by atoms with Gasteiger partial charge in [-0.2, -0.15) is 0 Å². The number of likely N-dealkylation sites (N-methyl/N-ethyl adjacent to an activating group) is 1. The van der Waals surface area contributed by atoms with Gasteiger partial charge in [-0.1, -0.05) is 13.0 Å². The molecule has 2 aromatic rings. The monoisotopic (exact) mass is 355 g/mol. The van der Waals surface area contributed by atoms with Crippen LogP contribution in [0.1, 0.15) is 23.0 Å². The number of rotatable bonds is 5. The molecule has 0 saturated carbocycles. The lowest BCUT2D eigenvalue weighted by Gasteiger charge is -2.33. The van der Waals surface area contributed by atoms with Gasteiger partial charge in [-0.25, -0.2) is 9.97 Å². The van der Waals surface area contributed by atoms with E-state index in [0.717, 1.165) is 49.7 Å². The molecule has 1 aromatic carbocycles. The predicted octanol–water partition coefficient (Wildman–Crippen LogP) is 2.31. The Kier molecular flexibility index (Phi) is 5.68. The predicted molar refractivity (Wildman–Crippen MR) is 101 cm³/mol. The number of aromatic nitrogens is 2. The smallest absolute Gasteiger partial charge is 0.272 e. The Bertz CT molecular complexity index is 772. The molecule has 1 amide bonds. The number of benzene rings is 1. The number of piperazine rings is 1. The topological polar surface area (TPSA) is 70.6 Å². The SMILES string of the molecule is CCN1CCN(C(=O)c2cc(Nc3cc(C)ccc3OC)ncn2)CC1. The van der Waals surface area contributed by atoms with E-state index in [1.807, 2.05) is 30.0 Å². The van der Waals surface area contributed by atoms with E-state index >= 15 is 0 Å². The van der Waals surface area contributed by atoms with E-state index in [0.29, 0.717) is 11.5 Å². The fourth-order valence-corrected chi connectivity index (χ4v) is 3.03. The number of aryl methyl sites for hydroxylation is 1. The number of carbonyl (C=O) groups excluding carboxylic acids is 1. The molecule has 1 aliphatic rings. The minimum absolute atomic E-state index is 0.0533. The Morgan fingerprint density at radius 3 is 2.65 bits per heavy atom. The molecule has 7 nitrogen and oxygen atoms in total. The quantitative estimate of drug-likeness (QED) is 0.888. The van der Waals surface area contributed by atoms with Gasteiger partial charge in [0.15, 0.2) is 0 Å². The van der Waals surface area contributed by atoms with Gasteiger partial charge in [0.25, 0.3) is 5.91 Å². The molecule has 0 unspecified atom stereocenters. The van der Waals surface area contributed by atoms with Crippen LogP contribution in [0.4, 0.5) is 11.5 Å². The highest BCUT2D eigenvalue weighted by atomic mass is 16.5. The van der Waals surface area contributed by atoms with Gasteiger partial charge < -0.3 is 19.9 Å². The summed E-state index contributed by atoms with van der Waals surface area (Å²) < 4.78 is 5.38. The molecule has 0 radical (unpaired) electrons.